The Hall–Kier alpha value is -2.13. The molecule has 2 aromatic carbocycles. The lowest BCUT2D eigenvalue weighted by molar-refractivity contribution is 0.490. The van der Waals surface area contributed by atoms with Crippen LogP contribution in [-0.2, 0) is 0 Å². The largest absolute Gasteiger partial charge is 0.330 e. The van der Waals surface area contributed by atoms with E-state index < -0.39 is 0 Å². The zero-order valence-corrected chi connectivity index (χ0v) is 12.5. The first kappa shape index (κ1) is 13.8. The zero-order valence-electron chi connectivity index (χ0n) is 12.5. The molecule has 0 amide bonds. The van der Waals surface area contributed by atoms with Gasteiger partial charge in [-0.05, 0) is 17.4 Å². The minimum absolute atomic E-state index is 0.312. The predicted molar refractivity (Wildman–Crippen MR) is 87.7 cm³/mol. The Morgan fingerprint density at radius 1 is 1.10 bits per heavy atom. The highest BCUT2D eigenvalue weighted by molar-refractivity contribution is 5.90. The number of fused-ring (bicyclic) bond motifs is 1. The van der Waals surface area contributed by atoms with E-state index in [-0.39, 0.29) is 0 Å². The number of imidazole rings is 1. The van der Waals surface area contributed by atoms with Gasteiger partial charge in [0.15, 0.2) is 0 Å². The van der Waals surface area contributed by atoms with E-state index in [1.807, 2.05) is 12.5 Å². The van der Waals surface area contributed by atoms with Crippen LogP contribution in [0.1, 0.15) is 25.5 Å². The molecule has 3 aromatic rings. The summed E-state index contributed by atoms with van der Waals surface area (Å²) in [6.45, 7) is 5.05. The van der Waals surface area contributed by atoms with E-state index in [2.05, 4.69) is 65.9 Å². The summed E-state index contributed by atoms with van der Waals surface area (Å²) in [5, 5.41) is 2.47. The predicted octanol–water partition coefficient (Wildman–Crippen LogP) is 3.72. The van der Waals surface area contributed by atoms with E-state index in [0.29, 0.717) is 18.4 Å². The molecule has 0 radical (unpaired) electrons. The summed E-state index contributed by atoms with van der Waals surface area (Å²) >= 11 is 0. The summed E-state index contributed by atoms with van der Waals surface area (Å²) in [5.41, 5.74) is 8.33. The fraction of sp³-hybridized carbons (Fsp3) is 0.278. The van der Waals surface area contributed by atoms with Crippen LogP contribution in [0.25, 0.3) is 16.5 Å². The molecule has 3 nitrogen and oxygen atoms in total. The van der Waals surface area contributed by atoms with Gasteiger partial charge in [-0.3, -0.25) is 0 Å². The van der Waals surface area contributed by atoms with Crippen molar-refractivity contribution in [2.75, 3.05) is 6.54 Å². The Labute approximate surface area is 125 Å². The molecule has 3 heteroatoms. The van der Waals surface area contributed by atoms with E-state index in [4.69, 9.17) is 5.73 Å². The summed E-state index contributed by atoms with van der Waals surface area (Å²) in [6, 6.07) is 14.8. The van der Waals surface area contributed by atoms with Gasteiger partial charge in [0.2, 0.25) is 0 Å². The molecule has 108 valence electrons. The molecule has 0 saturated heterocycles. The first-order valence-electron chi connectivity index (χ1n) is 7.43. The van der Waals surface area contributed by atoms with E-state index in [9.17, 15) is 0 Å². The number of aromatic nitrogens is 2. The fourth-order valence-electron chi connectivity index (χ4n) is 2.93. The lowest BCUT2D eigenvalue weighted by atomic mass is 9.92. The van der Waals surface area contributed by atoms with Gasteiger partial charge < -0.3 is 10.3 Å². The van der Waals surface area contributed by atoms with Crippen molar-refractivity contribution in [3.63, 3.8) is 0 Å². The second-order valence-corrected chi connectivity index (χ2v) is 5.77. The van der Waals surface area contributed by atoms with Gasteiger partial charge in [0, 0.05) is 29.7 Å². The average Bonchev–Trinajstić information content (AvgIpc) is 2.96. The van der Waals surface area contributed by atoms with Crippen LogP contribution in [0.15, 0.2) is 55.0 Å². The summed E-state index contributed by atoms with van der Waals surface area (Å²) in [4.78, 5) is 4.36. The highest BCUT2D eigenvalue weighted by atomic mass is 15.1. The summed E-state index contributed by atoms with van der Waals surface area (Å²) in [7, 11) is 0. The first-order chi connectivity index (χ1) is 10.2. The Balaban J connectivity index is 2.19. The molecule has 1 heterocycles. The molecule has 0 saturated carbocycles. The van der Waals surface area contributed by atoms with Crippen molar-refractivity contribution >= 4 is 10.8 Å². The molecule has 0 aliphatic carbocycles. The molecule has 0 spiro atoms. The molecule has 2 N–H and O–H groups in total. The van der Waals surface area contributed by atoms with Crippen LogP contribution < -0.4 is 5.73 Å². The van der Waals surface area contributed by atoms with Crippen LogP contribution >= 0.6 is 0 Å². The molecule has 0 aliphatic heterocycles. The number of rotatable bonds is 4. The maximum Gasteiger partial charge on any atom is 0.0994 e. The molecular formula is C18H21N3. The smallest absolute Gasteiger partial charge is 0.0994 e. The minimum atomic E-state index is 0.312. The normalized spacial score (nSPS) is 13.0. The lowest BCUT2D eigenvalue weighted by Crippen LogP contribution is -2.20. The quantitative estimate of drug-likeness (QED) is 0.791. The van der Waals surface area contributed by atoms with Crippen molar-refractivity contribution in [3.05, 3.63) is 60.7 Å². The molecule has 0 fully saturated rings. The number of hydrogen-bond acceptors (Lipinski definition) is 2. The molecule has 21 heavy (non-hydrogen) atoms. The van der Waals surface area contributed by atoms with Crippen LogP contribution in [0.3, 0.4) is 0 Å². The van der Waals surface area contributed by atoms with Crippen LogP contribution in [0.5, 0.6) is 0 Å². The third-order valence-corrected chi connectivity index (χ3v) is 4.13. The van der Waals surface area contributed by atoms with Crippen molar-refractivity contribution in [3.8, 4) is 5.69 Å². The monoisotopic (exact) mass is 279 g/mol. The lowest BCUT2D eigenvalue weighted by Gasteiger charge is -2.21. The summed E-state index contributed by atoms with van der Waals surface area (Å²) in [6.07, 6.45) is 3.83. The number of nitrogens with zero attached hydrogens (tertiary/aromatic N) is 2. The molecule has 0 bridgehead atoms. The third-order valence-electron chi connectivity index (χ3n) is 4.13. The van der Waals surface area contributed by atoms with Crippen molar-refractivity contribution in [2.24, 2.45) is 11.7 Å². The molecule has 1 atom stereocenters. The highest BCUT2D eigenvalue weighted by Crippen LogP contribution is 2.28. The van der Waals surface area contributed by atoms with Crippen LogP contribution in [0, 0.1) is 5.92 Å². The number of hydrogen-bond donors (Lipinski definition) is 1. The Morgan fingerprint density at radius 2 is 1.86 bits per heavy atom. The van der Waals surface area contributed by atoms with Gasteiger partial charge in [0.25, 0.3) is 0 Å². The van der Waals surface area contributed by atoms with Crippen molar-refractivity contribution in [1.29, 1.82) is 0 Å². The van der Waals surface area contributed by atoms with Crippen molar-refractivity contribution < 1.29 is 0 Å². The van der Waals surface area contributed by atoms with Crippen LogP contribution in [-0.4, -0.2) is 16.1 Å². The van der Waals surface area contributed by atoms with Gasteiger partial charge in [0.1, 0.15) is 0 Å². The Morgan fingerprint density at radius 3 is 2.62 bits per heavy atom. The maximum atomic E-state index is 5.98. The Bertz CT molecular complexity index is 738. The fourth-order valence-corrected chi connectivity index (χ4v) is 2.93. The van der Waals surface area contributed by atoms with Crippen LogP contribution in [0.2, 0.25) is 0 Å². The van der Waals surface area contributed by atoms with Gasteiger partial charge in [-0.15, -0.1) is 0 Å². The van der Waals surface area contributed by atoms with E-state index in [1.165, 1.54) is 22.2 Å². The maximum absolute atomic E-state index is 5.98. The van der Waals surface area contributed by atoms with Gasteiger partial charge in [-0.25, -0.2) is 4.98 Å². The van der Waals surface area contributed by atoms with Gasteiger partial charge >= 0.3 is 0 Å². The van der Waals surface area contributed by atoms with Crippen molar-refractivity contribution in [1.82, 2.24) is 9.55 Å². The molecule has 3 rings (SSSR count). The minimum Gasteiger partial charge on any atom is -0.330 e. The average molecular weight is 279 g/mol. The van der Waals surface area contributed by atoms with E-state index in [1.54, 1.807) is 0 Å². The van der Waals surface area contributed by atoms with Gasteiger partial charge in [-0.2, -0.15) is 0 Å². The van der Waals surface area contributed by atoms with E-state index in [0.717, 1.165) is 0 Å². The second-order valence-electron chi connectivity index (χ2n) is 5.77. The molecular weight excluding hydrogens is 258 g/mol. The second kappa shape index (κ2) is 5.70. The third kappa shape index (κ3) is 2.45. The Kier molecular flexibility index (Phi) is 3.76. The SMILES string of the molecule is CC(C)C(CN)c1cncn1-c1cccc2ccccc12. The molecule has 0 aliphatic rings. The first-order valence-corrected chi connectivity index (χ1v) is 7.43. The van der Waals surface area contributed by atoms with E-state index >= 15 is 0 Å². The summed E-state index contributed by atoms with van der Waals surface area (Å²) in [5.74, 6) is 0.798. The van der Waals surface area contributed by atoms with Crippen LogP contribution in [0.4, 0.5) is 0 Å². The highest BCUT2D eigenvalue weighted by Gasteiger charge is 2.19. The van der Waals surface area contributed by atoms with Crippen molar-refractivity contribution in [2.45, 2.75) is 19.8 Å². The topological polar surface area (TPSA) is 43.8 Å². The number of benzene rings is 2. The standard InChI is InChI=1S/C18H21N3/c1-13(2)16(10-19)18-11-20-12-21(18)17-9-5-7-14-6-3-4-8-15(14)17/h3-9,11-13,16H,10,19H2,1-2H3. The zero-order chi connectivity index (χ0) is 14.8. The van der Waals surface area contributed by atoms with Gasteiger partial charge in [-0.1, -0.05) is 50.2 Å². The summed E-state index contributed by atoms with van der Waals surface area (Å²) < 4.78 is 2.18. The molecule has 1 unspecified atom stereocenters. The van der Waals surface area contributed by atoms with Gasteiger partial charge in [0.05, 0.1) is 12.0 Å². The number of nitrogens with two attached hydrogens (primary N) is 1. The molecule has 1 aromatic heterocycles.